The molecular formula is C27H37NO4S. The van der Waals surface area contributed by atoms with E-state index in [0.29, 0.717) is 24.7 Å². The molecule has 180 valence electrons. The predicted molar refractivity (Wildman–Crippen MR) is 131 cm³/mol. The highest BCUT2D eigenvalue weighted by molar-refractivity contribution is 7.10. The van der Waals surface area contributed by atoms with Crippen molar-refractivity contribution >= 4 is 17.3 Å². The molecule has 0 aromatic carbocycles. The van der Waals surface area contributed by atoms with Crippen LogP contribution in [0.1, 0.15) is 69.1 Å². The molecule has 2 aliphatic carbocycles. The molecule has 5 nitrogen and oxygen atoms in total. The van der Waals surface area contributed by atoms with Crippen LogP contribution >= 0.6 is 11.3 Å². The number of rotatable bonds is 13. The molecule has 0 radical (unpaired) electrons. The normalized spacial score (nSPS) is 25.2. The molecule has 0 bridgehead atoms. The lowest BCUT2D eigenvalue weighted by atomic mass is 9.63. The van der Waals surface area contributed by atoms with Crippen LogP contribution in [0.3, 0.4) is 0 Å². The standard InChI is InChI=1S/C27H37NO4S/c28-20-22-14-13-21(23(22)9-3-1-2-4-12-26(31)32-18-17-29)8-5-10-24(30)27(15-7-16-27)25-11-6-19-33-25/h1,3,5-6,8,11,19,21-24,29-30H,2,4,7,9-10,12-18H2/b3-1-,8-5+/t21-,22-,23?,24?/m0/s1. The van der Waals surface area contributed by atoms with E-state index in [0.717, 1.165) is 44.9 Å². The molecule has 2 aliphatic rings. The fraction of sp³-hybridized carbons (Fsp3) is 0.630. The van der Waals surface area contributed by atoms with Gasteiger partial charge in [0.15, 0.2) is 0 Å². The fourth-order valence-electron chi connectivity index (χ4n) is 5.28. The molecule has 4 atom stereocenters. The van der Waals surface area contributed by atoms with Crippen LogP contribution in [0.5, 0.6) is 0 Å². The monoisotopic (exact) mass is 471 g/mol. The Morgan fingerprint density at radius 2 is 2.18 bits per heavy atom. The Kier molecular flexibility index (Phi) is 10.2. The molecule has 0 spiro atoms. The molecule has 3 rings (SSSR count). The lowest BCUT2D eigenvalue weighted by Gasteiger charge is -2.44. The number of unbranched alkanes of at least 4 members (excludes halogenated alkanes) is 1. The SMILES string of the molecule is N#C[C@@H]1CC[C@H](/C=C/CC(O)C2(c3cccs3)CCC2)C1C/C=C\CCCC(=O)OCCO. The van der Waals surface area contributed by atoms with E-state index in [1.165, 1.54) is 11.3 Å². The third kappa shape index (κ3) is 6.79. The summed E-state index contributed by atoms with van der Waals surface area (Å²) >= 11 is 1.75. The number of thiophene rings is 1. The second-order valence-corrected chi connectivity index (χ2v) is 10.3. The molecule has 2 saturated carbocycles. The molecule has 1 heterocycles. The zero-order chi connectivity index (χ0) is 23.5. The van der Waals surface area contributed by atoms with Crippen LogP contribution in [0.15, 0.2) is 41.8 Å². The van der Waals surface area contributed by atoms with Crippen molar-refractivity contribution in [3.8, 4) is 6.07 Å². The van der Waals surface area contributed by atoms with Crippen molar-refractivity contribution in [1.29, 1.82) is 5.26 Å². The Balaban J connectivity index is 1.46. The van der Waals surface area contributed by atoms with E-state index in [4.69, 9.17) is 9.84 Å². The number of aliphatic hydroxyl groups is 2. The largest absolute Gasteiger partial charge is 0.463 e. The molecule has 2 fully saturated rings. The lowest BCUT2D eigenvalue weighted by molar-refractivity contribution is -0.144. The van der Waals surface area contributed by atoms with Crippen molar-refractivity contribution < 1.29 is 19.7 Å². The van der Waals surface area contributed by atoms with E-state index in [9.17, 15) is 15.2 Å². The minimum atomic E-state index is -0.350. The average molecular weight is 472 g/mol. The minimum Gasteiger partial charge on any atom is -0.463 e. The highest BCUT2D eigenvalue weighted by Gasteiger charge is 2.45. The van der Waals surface area contributed by atoms with Crippen molar-refractivity contribution in [3.05, 3.63) is 46.7 Å². The lowest BCUT2D eigenvalue weighted by Crippen LogP contribution is -2.44. The molecule has 0 amide bonds. The van der Waals surface area contributed by atoms with Gasteiger partial charge in [-0.25, -0.2) is 0 Å². The maximum Gasteiger partial charge on any atom is 0.305 e. The predicted octanol–water partition coefficient (Wildman–Crippen LogP) is 5.30. The van der Waals surface area contributed by atoms with Crippen LogP contribution in [0, 0.1) is 29.1 Å². The summed E-state index contributed by atoms with van der Waals surface area (Å²) in [4.78, 5) is 12.8. The van der Waals surface area contributed by atoms with Crippen molar-refractivity contribution in [3.63, 3.8) is 0 Å². The number of allylic oxidation sites excluding steroid dienone is 3. The number of aliphatic hydroxyl groups excluding tert-OH is 2. The minimum absolute atomic E-state index is 0.0595. The van der Waals surface area contributed by atoms with Crippen LogP contribution < -0.4 is 0 Å². The highest BCUT2D eigenvalue weighted by Crippen LogP contribution is 2.49. The van der Waals surface area contributed by atoms with Gasteiger partial charge in [-0.1, -0.05) is 36.8 Å². The molecule has 1 aromatic rings. The molecule has 2 N–H and O–H groups in total. The smallest absolute Gasteiger partial charge is 0.305 e. The van der Waals surface area contributed by atoms with Gasteiger partial charge < -0.3 is 14.9 Å². The topological polar surface area (TPSA) is 90.5 Å². The summed E-state index contributed by atoms with van der Waals surface area (Å²) in [7, 11) is 0. The first-order valence-corrected chi connectivity index (χ1v) is 13.2. The van der Waals surface area contributed by atoms with Gasteiger partial charge in [0, 0.05) is 16.7 Å². The number of nitrogens with zero attached hydrogens (tertiary/aromatic N) is 1. The van der Waals surface area contributed by atoms with E-state index in [-0.39, 0.29) is 36.6 Å². The number of hydrogen-bond acceptors (Lipinski definition) is 6. The molecule has 6 heteroatoms. The Bertz CT molecular complexity index is 822. The van der Waals surface area contributed by atoms with Crippen LogP contribution in [0.25, 0.3) is 0 Å². The Hall–Kier alpha value is -1.94. The molecule has 33 heavy (non-hydrogen) atoms. The Morgan fingerprint density at radius 1 is 1.33 bits per heavy atom. The van der Waals surface area contributed by atoms with Gasteiger partial charge in [-0.15, -0.1) is 11.3 Å². The van der Waals surface area contributed by atoms with Gasteiger partial charge in [0.1, 0.15) is 6.61 Å². The van der Waals surface area contributed by atoms with E-state index in [2.05, 4.69) is 47.9 Å². The maximum absolute atomic E-state index is 11.5. The fourth-order valence-corrected chi connectivity index (χ4v) is 6.31. The van der Waals surface area contributed by atoms with Gasteiger partial charge in [-0.2, -0.15) is 5.26 Å². The summed E-state index contributed by atoms with van der Waals surface area (Å²) in [5.74, 6) is 0.489. The maximum atomic E-state index is 11.5. The molecular weight excluding hydrogens is 434 g/mol. The van der Waals surface area contributed by atoms with E-state index >= 15 is 0 Å². The van der Waals surface area contributed by atoms with Gasteiger partial charge in [0.05, 0.1) is 24.7 Å². The summed E-state index contributed by atoms with van der Waals surface area (Å²) in [6.45, 7) is -0.0793. The van der Waals surface area contributed by atoms with Gasteiger partial charge in [0.25, 0.3) is 0 Å². The second kappa shape index (κ2) is 13.1. The van der Waals surface area contributed by atoms with Crippen LogP contribution in [-0.2, 0) is 14.9 Å². The van der Waals surface area contributed by atoms with Crippen molar-refractivity contribution in [2.24, 2.45) is 17.8 Å². The summed E-state index contributed by atoms with van der Waals surface area (Å²) in [6.07, 6.45) is 17.0. The van der Waals surface area contributed by atoms with Gasteiger partial charge in [-0.05, 0) is 74.6 Å². The number of carbonyl (C=O) groups is 1. The average Bonchev–Trinajstić information content (AvgIpc) is 3.44. The Labute approximate surface area is 201 Å². The quantitative estimate of drug-likeness (QED) is 0.232. The van der Waals surface area contributed by atoms with Crippen molar-refractivity contribution in [1.82, 2.24) is 0 Å². The first-order valence-electron chi connectivity index (χ1n) is 12.3. The summed E-state index contributed by atoms with van der Waals surface area (Å²) in [6, 6.07) is 6.73. The van der Waals surface area contributed by atoms with Gasteiger partial charge >= 0.3 is 5.97 Å². The van der Waals surface area contributed by atoms with Gasteiger partial charge in [-0.3, -0.25) is 4.79 Å². The second-order valence-electron chi connectivity index (χ2n) is 9.35. The van der Waals surface area contributed by atoms with Gasteiger partial charge in [0.2, 0.25) is 0 Å². The van der Waals surface area contributed by atoms with E-state index < -0.39 is 0 Å². The van der Waals surface area contributed by atoms with Crippen LogP contribution in [0.4, 0.5) is 0 Å². The zero-order valence-corrected chi connectivity index (χ0v) is 20.2. The highest BCUT2D eigenvalue weighted by atomic mass is 32.1. The van der Waals surface area contributed by atoms with Crippen molar-refractivity contribution in [2.45, 2.75) is 75.7 Å². The van der Waals surface area contributed by atoms with E-state index in [1.54, 1.807) is 11.3 Å². The molecule has 2 unspecified atom stereocenters. The Morgan fingerprint density at radius 3 is 2.85 bits per heavy atom. The number of hydrogen-bond donors (Lipinski definition) is 2. The van der Waals surface area contributed by atoms with Crippen LogP contribution in [-0.4, -0.2) is 35.5 Å². The van der Waals surface area contributed by atoms with E-state index in [1.807, 2.05) is 0 Å². The summed E-state index contributed by atoms with van der Waals surface area (Å²) in [5, 5.41) is 31.3. The number of ether oxygens (including phenoxy) is 1. The summed E-state index contributed by atoms with van der Waals surface area (Å²) < 4.78 is 4.85. The third-order valence-corrected chi connectivity index (χ3v) is 8.45. The number of carbonyl (C=O) groups excluding carboxylic acids is 1. The first-order chi connectivity index (χ1) is 16.1. The summed E-state index contributed by atoms with van der Waals surface area (Å²) in [5.41, 5.74) is -0.0595. The zero-order valence-electron chi connectivity index (χ0n) is 19.4. The molecule has 0 aliphatic heterocycles. The number of nitriles is 1. The number of esters is 1. The molecule has 0 saturated heterocycles. The molecule has 1 aromatic heterocycles. The van der Waals surface area contributed by atoms with Crippen LogP contribution in [0.2, 0.25) is 0 Å². The third-order valence-electron chi connectivity index (χ3n) is 7.36. The first kappa shape index (κ1) is 25.7. The van der Waals surface area contributed by atoms with Crippen molar-refractivity contribution in [2.75, 3.05) is 13.2 Å².